The molecule has 8 nitrogen and oxygen atoms in total. The van der Waals surface area contributed by atoms with Crippen LogP contribution in [0.15, 0.2) is 94.4 Å². The standard InChI is InChI=1S/C35H34ClN3O5/c1-5-41-33-19-27(18-31(36)34(33)43-21-26-10-6-23(2)7-11-26)20-37-38-35(40)32-17-16-30(44-32)22-42-29-14-12-28(13-15-29)39-24(3)8-9-25(39)4/h6-20H,5,21-22H2,1-4H3,(H,38,40)/b37-20+. The second kappa shape index (κ2) is 14.0. The minimum atomic E-state index is -0.497. The van der Waals surface area contributed by atoms with Crippen molar-refractivity contribution in [2.24, 2.45) is 5.10 Å². The Morgan fingerprint density at radius 2 is 1.61 bits per heavy atom. The van der Waals surface area contributed by atoms with Crippen molar-refractivity contribution in [3.8, 4) is 22.9 Å². The van der Waals surface area contributed by atoms with E-state index in [0.29, 0.717) is 46.8 Å². The Morgan fingerprint density at radius 3 is 2.32 bits per heavy atom. The predicted molar refractivity (Wildman–Crippen MR) is 171 cm³/mol. The Hall–Kier alpha value is -4.95. The minimum Gasteiger partial charge on any atom is -0.490 e. The van der Waals surface area contributed by atoms with Gasteiger partial charge < -0.3 is 23.2 Å². The number of benzene rings is 3. The lowest BCUT2D eigenvalue weighted by Gasteiger charge is -2.14. The van der Waals surface area contributed by atoms with E-state index in [1.54, 1.807) is 24.3 Å². The highest BCUT2D eigenvalue weighted by atomic mass is 35.5. The third-order valence-corrected chi connectivity index (χ3v) is 7.13. The Bertz CT molecular complexity index is 1730. The number of halogens is 1. The van der Waals surface area contributed by atoms with Crippen LogP contribution in [0.25, 0.3) is 5.69 Å². The van der Waals surface area contributed by atoms with Crippen LogP contribution in [0.1, 0.15) is 51.3 Å². The molecule has 0 aliphatic rings. The molecule has 0 aliphatic carbocycles. The average molecular weight is 612 g/mol. The van der Waals surface area contributed by atoms with Crippen molar-refractivity contribution in [1.29, 1.82) is 0 Å². The molecule has 5 rings (SSSR count). The van der Waals surface area contributed by atoms with Crippen LogP contribution < -0.4 is 19.6 Å². The molecule has 0 saturated carbocycles. The molecule has 44 heavy (non-hydrogen) atoms. The number of ether oxygens (including phenoxy) is 3. The molecule has 0 unspecified atom stereocenters. The van der Waals surface area contributed by atoms with Crippen LogP contribution in [-0.2, 0) is 13.2 Å². The van der Waals surface area contributed by atoms with Gasteiger partial charge in [-0.05, 0) is 99.5 Å². The maximum atomic E-state index is 12.6. The van der Waals surface area contributed by atoms with Gasteiger partial charge in [-0.1, -0.05) is 41.4 Å². The van der Waals surface area contributed by atoms with Crippen LogP contribution in [0.2, 0.25) is 5.02 Å². The highest BCUT2D eigenvalue weighted by Gasteiger charge is 2.14. The number of hydrogen-bond donors (Lipinski definition) is 1. The predicted octanol–water partition coefficient (Wildman–Crippen LogP) is 7.97. The van der Waals surface area contributed by atoms with Gasteiger partial charge in [0.1, 0.15) is 24.7 Å². The SMILES string of the molecule is CCOc1cc(/C=N/NC(=O)c2ccc(COc3ccc(-n4c(C)ccc4C)cc3)o2)cc(Cl)c1OCc1ccc(C)cc1. The summed E-state index contributed by atoms with van der Waals surface area (Å²) in [6.07, 6.45) is 1.48. The molecule has 0 spiro atoms. The zero-order chi connectivity index (χ0) is 31.1. The summed E-state index contributed by atoms with van der Waals surface area (Å²) in [7, 11) is 0. The number of carbonyl (C=O) groups is 1. The van der Waals surface area contributed by atoms with Crippen LogP contribution >= 0.6 is 11.6 Å². The molecule has 2 aromatic heterocycles. The molecule has 1 amide bonds. The largest absolute Gasteiger partial charge is 0.490 e. The van der Waals surface area contributed by atoms with Crippen molar-refractivity contribution in [2.45, 2.75) is 40.9 Å². The fraction of sp³-hybridized carbons (Fsp3) is 0.200. The molecule has 0 bridgehead atoms. The van der Waals surface area contributed by atoms with E-state index >= 15 is 0 Å². The smallest absolute Gasteiger partial charge is 0.307 e. The third kappa shape index (κ3) is 7.51. The van der Waals surface area contributed by atoms with Gasteiger partial charge in [0.2, 0.25) is 0 Å². The van der Waals surface area contributed by atoms with Gasteiger partial charge in [0.15, 0.2) is 17.3 Å². The zero-order valence-corrected chi connectivity index (χ0v) is 25.9. The van der Waals surface area contributed by atoms with E-state index in [2.05, 4.69) is 41.1 Å². The fourth-order valence-corrected chi connectivity index (χ4v) is 4.90. The van der Waals surface area contributed by atoms with E-state index in [9.17, 15) is 4.79 Å². The van der Waals surface area contributed by atoms with E-state index in [-0.39, 0.29) is 12.4 Å². The first-order valence-electron chi connectivity index (χ1n) is 14.3. The third-order valence-electron chi connectivity index (χ3n) is 6.85. The molecule has 0 aliphatic heterocycles. The van der Waals surface area contributed by atoms with Crippen LogP contribution in [0.5, 0.6) is 17.2 Å². The van der Waals surface area contributed by atoms with Gasteiger partial charge in [0.25, 0.3) is 0 Å². The van der Waals surface area contributed by atoms with Crippen molar-refractivity contribution in [1.82, 2.24) is 9.99 Å². The summed E-state index contributed by atoms with van der Waals surface area (Å²) in [5.41, 5.74) is 8.69. The van der Waals surface area contributed by atoms with Gasteiger partial charge in [-0.2, -0.15) is 5.10 Å². The highest BCUT2D eigenvalue weighted by molar-refractivity contribution is 6.32. The number of nitrogens with zero attached hydrogens (tertiary/aromatic N) is 2. The van der Waals surface area contributed by atoms with Gasteiger partial charge in [-0.25, -0.2) is 5.43 Å². The van der Waals surface area contributed by atoms with E-state index in [4.69, 9.17) is 30.2 Å². The first-order valence-corrected chi connectivity index (χ1v) is 14.6. The Labute approximate surface area is 261 Å². The number of nitrogens with one attached hydrogen (secondary N) is 1. The lowest BCUT2D eigenvalue weighted by Crippen LogP contribution is -2.16. The Morgan fingerprint density at radius 1 is 0.886 bits per heavy atom. The molecule has 2 heterocycles. The topological polar surface area (TPSA) is 87.2 Å². The normalized spacial score (nSPS) is 11.1. The molecule has 3 aromatic carbocycles. The monoisotopic (exact) mass is 611 g/mol. The minimum absolute atomic E-state index is 0.113. The summed E-state index contributed by atoms with van der Waals surface area (Å²) in [5.74, 6) is 1.75. The van der Waals surface area contributed by atoms with Crippen molar-refractivity contribution >= 4 is 23.7 Å². The number of hydrazone groups is 1. The average Bonchev–Trinajstić information content (AvgIpc) is 3.63. The molecule has 5 aromatic rings. The molecule has 0 atom stereocenters. The van der Waals surface area contributed by atoms with Crippen LogP contribution in [-0.4, -0.2) is 23.3 Å². The molecule has 226 valence electrons. The van der Waals surface area contributed by atoms with E-state index in [0.717, 1.165) is 22.6 Å². The number of rotatable bonds is 12. The summed E-state index contributed by atoms with van der Waals surface area (Å²) in [5, 5.41) is 4.43. The lowest BCUT2D eigenvalue weighted by atomic mass is 10.1. The summed E-state index contributed by atoms with van der Waals surface area (Å²) in [4.78, 5) is 12.6. The first-order chi connectivity index (χ1) is 21.3. The maximum Gasteiger partial charge on any atom is 0.307 e. The molecule has 0 saturated heterocycles. The van der Waals surface area contributed by atoms with Crippen LogP contribution in [0.4, 0.5) is 0 Å². The second-order valence-corrected chi connectivity index (χ2v) is 10.6. The molecular formula is C35H34ClN3O5. The number of aryl methyl sites for hydroxylation is 3. The molecular weight excluding hydrogens is 578 g/mol. The van der Waals surface area contributed by atoms with Crippen LogP contribution in [0, 0.1) is 20.8 Å². The van der Waals surface area contributed by atoms with E-state index in [1.165, 1.54) is 11.8 Å². The van der Waals surface area contributed by atoms with E-state index < -0.39 is 5.91 Å². The molecule has 0 fully saturated rings. The number of carbonyl (C=O) groups excluding carboxylic acids is 1. The maximum absolute atomic E-state index is 12.6. The van der Waals surface area contributed by atoms with E-state index in [1.807, 2.05) is 62.4 Å². The Balaban J connectivity index is 1.15. The van der Waals surface area contributed by atoms with Crippen LogP contribution in [0.3, 0.4) is 0 Å². The number of furan rings is 1. The van der Waals surface area contributed by atoms with Gasteiger partial charge in [0.05, 0.1) is 17.8 Å². The van der Waals surface area contributed by atoms with Crippen molar-refractivity contribution < 1.29 is 23.4 Å². The fourth-order valence-electron chi connectivity index (χ4n) is 4.62. The number of hydrogen-bond acceptors (Lipinski definition) is 6. The van der Waals surface area contributed by atoms with Gasteiger partial charge in [-0.15, -0.1) is 0 Å². The number of aromatic nitrogens is 1. The molecule has 0 radical (unpaired) electrons. The lowest BCUT2D eigenvalue weighted by molar-refractivity contribution is 0.0923. The zero-order valence-electron chi connectivity index (χ0n) is 25.1. The quantitative estimate of drug-likeness (QED) is 0.114. The molecule has 9 heteroatoms. The van der Waals surface area contributed by atoms with Crippen molar-refractivity contribution in [2.75, 3.05) is 6.61 Å². The first kappa shape index (κ1) is 30.5. The summed E-state index contributed by atoms with van der Waals surface area (Å²) in [6, 6.07) is 26.8. The van der Waals surface area contributed by atoms with Gasteiger partial charge >= 0.3 is 5.91 Å². The van der Waals surface area contributed by atoms with Gasteiger partial charge in [-0.3, -0.25) is 4.79 Å². The Kier molecular flexibility index (Phi) is 9.72. The molecule has 1 N–H and O–H groups in total. The summed E-state index contributed by atoms with van der Waals surface area (Å²) >= 11 is 6.54. The summed E-state index contributed by atoms with van der Waals surface area (Å²) in [6.45, 7) is 9.01. The summed E-state index contributed by atoms with van der Waals surface area (Å²) < 4.78 is 25.5. The highest BCUT2D eigenvalue weighted by Crippen LogP contribution is 2.37. The second-order valence-electron chi connectivity index (χ2n) is 10.2. The van der Waals surface area contributed by atoms with Crippen molar-refractivity contribution in [3.63, 3.8) is 0 Å². The number of amides is 1. The van der Waals surface area contributed by atoms with Gasteiger partial charge in [0, 0.05) is 17.1 Å². The van der Waals surface area contributed by atoms with Crippen molar-refractivity contribution in [3.05, 3.63) is 130 Å².